The zero-order valence-electron chi connectivity index (χ0n) is 15.4. The molecule has 0 saturated heterocycles. The van der Waals surface area contributed by atoms with Crippen LogP contribution < -0.4 is 5.32 Å². The topological polar surface area (TPSA) is 99.0 Å². The molecule has 1 N–H and O–H groups in total. The summed E-state index contributed by atoms with van der Waals surface area (Å²) in [7, 11) is 0. The van der Waals surface area contributed by atoms with E-state index >= 15 is 0 Å². The summed E-state index contributed by atoms with van der Waals surface area (Å²) in [6, 6.07) is 6.74. The molecule has 0 radical (unpaired) electrons. The van der Waals surface area contributed by atoms with E-state index in [-0.39, 0.29) is 18.6 Å². The van der Waals surface area contributed by atoms with Gasteiger partial charge in [0, 0.05) is 6.04 Å². The predicted octanol–water partition coefficient (Wildman–Crippen LogP) is 2.15. The van der Waals surface area contributed by atoms with Crippen molar-refractivity contribution in [2.45, 2.75) is 46.1 Å². The highest BCUT2D eigenvalue weighted by molar-refractivity contribution is 5.91. The average molecular weight is 359 g/mol. The maximum absolute atomic E-state index is 12.1. The van der Waals surface area contributed by atoms with Crippen molar-refractivity contribution in [1.29, 1.82) is 0 Å². The van der Waals surface area contributed by atoms with Crippen molar-refractivity contribution < 1.29 is 14.3 Å². The van der Waals surface area contributed by atoms with Gasteiger partial charge in [0.1, 0.15) is 6.33 Å². The lowest BCUT2D eigenvalue weighted by atomic mass is 10.0. The number of nitrogens with one attached hydrogen (secondary N) is 1. The van der Waals surface area contributed by atoms with E-state index in [2.05, 4.69) is 34.7 Å². The molecule has 1 aromatic heterocycles. The summed E-state index contributed by atoms with van der Waals surface area (Å²) in [6.07, 6.45) is 4.53. The first-order chi connectivity index (χ1) is 12.5. The minimum atomic E-state index is -0.567. The van der Waals surface area contributed by atoms with Gasteiger partial charge in [-0.3, -0.25) is 4.79 Å². The van der Waals surface area contributed by atoms with Crippen LogP contribution in [0.3, 0.4) is 0 Å². The van der Waals surface area contributed by atoms with Crippen molar-refractivity contribution in [2.75, 3.05) is 6.61 Å². The van der Waals surface area contributed by atoms with Crippen LogP contribution in [0.25, 0.3) is 5.69 Å². The summed E-state index contributed by atoms with van der Waals surface area (Å²) in [5, 5.41) is 13.7. The van der Waals surface area contributed by atoms with Gasteiger partial charge < -0.3 is 10.1 Å². The first kappa shape index (κ1) is 19.6. The van der Waals surface area contributed by atoms with Crippen molar-refractivity contribution in [2.24, 2.45) is 5.92 Å². The van der Waals surface area contributed by atoms with Crippen LogP contribution in [-0.2, 0) is 9.53 Å². The van der Waals surface area contributed by atoms with E-state index in [0.29, 0.717) is 17.2 Å². The zero-order chi connectivity index (χ0) is 18.9. The Kier molecular flexibility index (Phi) is 7.25. The number of carbonyl (C=O) groups excluding carboxylic acids is 2. The summed E-state index contributed by atoms with van der Waals surface area (Å²) in [6.45, 7) is 6.01. The third kappa shape index (κ3) is 6.27. The normalized spacial score (nSPS) is 12.0. The smallest absolute Gasteiger partial charge is 0.338 e. The number of amides is 1. The second-order valence-corrected chi connectivity index (χ2v) is 6.67. The van der Waals surface area contributed by atoms with Gasteiger partial charge in [0.25, 0.3) is 5.91 Å². The molecule has 0 spiro atoms. The highest BCUT2D eigenvalue weighted by Gasteiger charge is 2.13. The van der Waals surface area contributed by atoms with Crippen LogP contribution in [0.5, 0.6) is 0 Å². The summed E-state index contributed by atoms with van der Waals surface area (Å²) in [5.41, 5.74) is 0.962. The summed E-state index contributed by atoms with van der Waals surface area (Å²) in [4.78, 5) is 24.1. The van der Waals surface area contributed by atoms with Gasteiger partial charge in [-0.15, -0.1) is 5.10 Å². The molecule has 0 aliphatic carbocycles. The van der Waals surface area contributed by atoms with Crippen molar-refractivity contribution in [1.82, 2.24) is 25.5 Å². The van der Waals surface area contributed by atoms with Crippen LogP contribution in [0, 0.1) is 5.92 Å². The fourth-order valence-corrected chi connectivity index (χ4v) is 2.49. The maximum atomic E-state index is 12.1. The minimum absolute atomic E-state index is 0.0584. The first-order valence-corrected chi connectivity index (χ1v) is 8.75. The fraction of sp³-hybridized carbons (Fsp3) is 0.500. The zero-order valence-corrected chi connectivity index (χ0v) is 15.4. The molecule has 0 fully saturated rings. The van der Waals surface area contributed by atoms with Gasteiger partial charge >= 0.3 is 5.97 Å². The lowest BCUT2D eigenvalue weighted by molar-refractivity contribution is -0.124. The molecule has 1 heterocycles. The minimum Gasteiger partial charge on any atom is -0.452 e. The summed E-state index contributed by atoms with van der Waals surface area (Å²) in [5.74, 6) is -0.211. The van der Waals surface area contributed by atoms with Crippen molar-refractivity contribution >= 4 is 11.9 Å². The monoisotopic (exact) mass is 359 g/mol. The summed E-state index contributed by atoms with van der Waals surface area (Å²) >= 11 is 0. The number of benzene rings is 1. The Morgan fingerprint density at radius 2 is 2.04 bits per heavy atom. The molecule has 1 atom stereocenters. The molecule has 1 amide bonds. The van der Waals surface area contributed by atoms with E-state index < -0.39 is 5.97 Å². The van der Waals surface area contributed by atoms with Crippen LogP contribution in [0.1, 0.15) is 50.4 Å². The van der Waals surface area contributed by atoms with E-state index in [9.17, 15) is 9.59 Å². The van der Waals surface area contributed by atoms with Gasteiger partial charge in [-0.2, -0.15) is 0 Å². The molecule has 0 aliphatic rings. The number of esters is 1. The molecular formula is C18H25N5O3. The van der Waals surface area contributed by atoms with Crippen molar-refractivity contribution in [3.8, 4) is 5.69 Å². The highest BCUT2D eigenvalue weighted by atomic mass is 16.5. The van der Waals surface area contributed by atoms with Crippen LogP contribution in [0.4, 0.5) is 0 Å². The Labute approximate surface area is 152 Å². The van der Waals surface area contributed by atoms with Crippen LogP contribution in [-0.4, -0.2) is 44.7 Å². The number of carbonyl (C=O) groups is 2. The average Bonchev–Trinajstić information content (AvgIpc) is 3.14. The number of hydrogen-bond donors (Lipinski definition) is 1. The molecule has 26 heavy (non-hydrogen) atoms. The molecule has 1 aromatic carbocycles. The van der Waals surface area contributed by atoms with Gasteiger partial charge in [0.05, 0.1) is 11.3 Å². The molecule has 0 saturated carbocycles. The molecule has 0 bridgehead atoms. The Bertz CT molecular complexity index is 715. The lowest BCUT2D eigenvalue weighted by Gasteiger charge is -2.14. The molecule has 140 valence electrons. The maximum Gasteiger partial charge on any atom is 0.338 e. The predicted molar refractivity (Wildman–Crippen MR) is 95.7 cm³/mol. The largest absolute Gasteiger partial charge is 0.452 e. The van der Waals surface area contributed by atoms with Crippen LogP contribution in [0.2, 0.25) is 0 Å². The second kappa shape index (κ2) is 9.65. The molecule has 8 nitrogen and oxygen atoms in total. The first-order valence-electron chi connectivity index (χ1n) is 8.75. The standard InChI is InChI=1S/C18H25N5O3/c1-13(2)6-4-7-14(3)20-17(24)11-26-18(25)15-8-5-9-16(10-15)23-12-19-21-22-23/h5,8-10,12-14H,4,6-7,11H2,1-3H3,(H,20,24). The van der Waals surface area contributed by atoms with E-state index in [1.54, 1.807) is 24.3 Å². The Morgan fingerprint density at radius 1 is 1.23 bits per heavy atom. The van der Waals surface area contributed by atoms with E-state index in [1.807, 2.05) is 6.92 Å². The van der Waals surface area contributed by atoms with Crippen LogP contribution >= 0.6 is 0 Å². The molecule has 2 rings (SSSR count). The van der Waals surface area contributed by atoms with Gasteiger partial charge in [0.2, 0.25) is 0 Å². The number of tetrazole rings is 1. The van der Waals surface area contributed by atoms with Gasteiger partial charge in [-0.25, -0.2) is 9.48 Å². The van der Waals surface area contributed by atoms with Crippen molar-refractivity contribution in [3.05, 3.63) is 36.2 Å². The third-order valence-electron chi connectivity index (χ3n) is 3.86. The second-order valence-electron chi connectivity index (χ2n) is 6.67. The van der Waals surface area contributed by atoms with Crippen LogP contribution in [0.15, 0.2) is 30.6 Å². The molecular weight excluding hydrogens is 334 g/mol. The van der Waals surface area contributed by atoms with Crippen molar-refractivity contribution in [3.63, 3.8) is 0 Å². The molecule has 1 unspecified atom stereocenters. The molecule has 2 aromatic rings. The SMILES string of the molecule is CC(C)CCCC(C)NC(=O)COC(=O)c1cccc(-n2cnnn2)c1. The number of hydrogen-bond acceptors (Lipinski definition) is 6. The molecule has 8 heteroatoms. The van der Waals surface area contributed by atoms with E-state index in [4.69, 9.17) is 4.74 Å². The molecule has 0 aliphatic heterocycles. The van der Waals surface area contributed by atoms with E-state index in [1.165, 1.54) is 11.0 Å². The highest BCUT2D eigenvalue weighted by Crippen LogP contribution is 2.10. The third-order valence-corrected chi connectivity index (χ3v) is 3.86. The number of ether oxygens (including phenoxy) is 1. The fourth-order valence-electron chi connectivity index (χ4n) is 2.49. The summed E-state index contributed by atoms with van der Waals surface area (Å²) < 4.78 is 6.53. The van der Waals surface area contributed by atoms with Gasteiger partial charge in [-0.05, 0) is 47.9 Å². The van der Waals surface area contributed by atoms with E-state index in [0.717, 1.165) is 19.3 Å². The van der Waals surface area contributed by atoms with Gasteiger partial charge in [-0.1, -0.05) is 32.8 Å². The number of rotatable bonds is 9. The lowest BCUT2D eigenvalue weighted by Crippen LogP contribution is -2.35. The number of nitrogens with zero attached hydrogens (tertiary/aromatic N) is 4. The number of aromatic nitrogens is 4. The van der Waals surface area contributed by atoms with Gasteiger partial charge in [0.15, 0.2) is 6.61 Å². The Morgan fingerprint density at radius 3 is 2.73 bits per heavy atom. The quantitative estimate of drug-likeness (QED) is 0.689. The Balaban J connectivity index is 1.79. The Hall–Kier alpha value is -2.77.